The van der Waals surface area contributed by atoms with Gasteiger partial charge in [0.1, 0.15) is 4.66 Å². The van der Waals surface area contributed by atoms with Crippen LogP contribution in [0.4, 0.5) is 5.69 Å². The van der Waals surface area contributed by atoms with Crippen molar-refractivity contribution in [3.8, 4) is 0 Å². The highest BCUT2D eigenvalue weighted by Crippen LogP contribution is 2.22. The number of benzene rings is 1. The number of hydrogen-bond acceptors (Lipinski definition) is 4. The third kappa shape index (κ3) is 3.51. The lowest BCUT2D eigenvalue weighted by molar-refractivity contribution is 0.477. The zero-order valence-corrected chi connectivity index (χ0v) is 13.8. The van der Waals surface area contributed by atoms with Gasteiger partial charge in [0.25, 0.3) is 0 Å². The number of hydrogen-bond donors (Lipinski definition) is 1. The van der Waals surface area contributed by atoms with Crippen molar-refractivity contribution in [2.75, 3.05) is 22.5 Å². The van der Waals surface area contributed by atoms with Gasteiger partial charge in [0.2, 0.25) is 20.0 Å². The van der Waals surface area contributed by atoms with Crippen LogP contribution in [0.5, 0.6) is 0 Å². The molecule has 2 rings (SSSR count). The summed E-state index contributed by atoms with van der Waals surface area (Å²) >= 11 is 2.87. The molecule has 9 heteroatoms. The van der Waals surface area contributed by atoms with Crippen LogP contribution >= 0.6 is 15.9 Å². The van der Waals surface area contributed by atoms with Gasteiger partial charge in [0.05, 0.1) is 4.90 Å². The Hall–Kier alpha value is -0.640. The number of nitrogens with one attached hydrogen (secondary N) is 1. The van der Waals surface area contributed by atoms with Crippen LogP contribution in [-0.4, -0.2) is 38.9 Å². The predicted molar refractivity (Wildman–Crippen MR) is 80.8 cm³/mol. The van der Waals surface area contributed by atoms with E-state index in [4.69, 9.17) is 0 Å². The fourth-order valence-corrected chi connectivity index (χ4v) is 4.39. The topological polar surface area (TPSA) is 83.5 Å². The molecule has 0 unspecified atom stereocenters. The first-order valence-corrected chi connectivity index (χ1v) is 10.2. The van der Waals surface area contributed by atoms with Crippen molar-refractivity contribution in [3.05, 3.63) is 24.3 Å². The third-order valence-corrected chi connectivity index (χ3v) is 7.53. The molecule has 0 spiro atoms. The van der Waals surface area contributed by atoms with Crippen LogP contribution in [0, 0.1) is 0 Å². The molecule has 0 amide bonds. The monoisotopic (exact) mass is 382 g/mol. The van der Waals surface area contributed by atoms with E-state index < -0.39 is 20.0 Å². The van der Waals surface area contributed by atoms with Crippen molar-refractivity contribution in [3.63, 3.8) is 0 Å². The maximum absolute atomic E-state index is 12.3. The zero-order valence-electron chi connectivity index (χ0n) is 10.6. The van der Waals surface area contributed by atoms with E-state index in [1.807, 2.05) is 0 Å². The second-order valence-corrected chi connectivity index (χ2v) is 9.42. The number of halogens is 1. The molecule has 6 nitrogen and oxygen atoms in total. The molecule has 1 fully saturated rings. The first-order chi connectivity index (χ1) is 9.35. The first-order valence-electron chi connectivity index (χ1n) is 6.02. The predicted octanol–water partition coefficient (Wildman–Crippen LogP) is 1.57. The van der Waals surface area contributed by atoms with Gasteiger partial charge in [-0.05, 0) is 37.1 Å². The van der Waals surface area contributed by atoms with Gasteiger partial charge in [-0.3, -0.25) is 4.72 Å². The van der Waals surface area contributed by atoms with Crippen LogP contribution in [0.25, 0.3) is 0 Å². The lowest BCUT2D eigenvalue weighted by atomic mass is 10.3. The van der Waals surface area contributed by atoms with Gasteiger partial charge in [0.15, 0.2) is 0 Å². The van der Waals surface area contributed by atoms with Crippen molar-refractivity contribution < 1.29 is 16.8 Å². The highest BCUT2D eigenvalue weighted by atomic mass is 79.9. The fraction of sp³-hybridized carbons (Fsp3) is 0.455. The Bertz CT molecular complexity index is 665. The van der Waals surface area contributed by atoms with Gasteiger partial charge in [-0.25, -0.2) is 16.8 Å². The van der Waals surface area contributed by atoms with Crippen molar-refractivity contribution in [2.45, 2.75) is 17.7 Å². The summed E-state index contributed by atoms with van der Waals surface area (Å²) in [5.41, 5.74) is 0.338. The highest BCUT2D eigenvalue weighted by Gasteiger charge is 2.26. The summed E-state index contributed by atoms with van der Waals surface area (Å²) in [5, 5.41) is 0. The molecule has 1 aliphatic heterocycles. The van der Waals surface area contributed by atoms with Gasteiger partial charge in [0, 0.05) is 18.8 Å². The summed E-state index contributed by atoms with van der Waals surface area (Å²) in [4.78, 5) is 0.182. The van der Waals surface area contributed by atoms with Crippen LogP contribution in [0.3, 0.4) is 0 Å². The van der Waals surface area contributed by atoms with Crippen molar-refractivity contribution in [1.82, 2.24) is 4.31 Å². The Labute approximate surface area is 127 Å². The van der Waals surface area contributed by atoms with Crippen LogP contribution in [0.15, 0.2) is 29.2 Å². The fourth-order valence-electron chi connectivity index (χ4n) is 1.98. The van der Waals surface area contributed by atoms with Crippen molar-refractivity contribution in [2.24, 2.45) is 0 Å². The molecule has 1 aromatic rings. The van der Waals surface area contributed by atoms with Crippen LogP contribution in [0.2, 0.25) is 0 Å². The Morgan fingerprint density at radius 1 is 1.05 bits per heavy atom. The Kier molecular flexibility index (Phi) is 4.73. The SMILES string of the molecule is O=S(=O)(CBr)Nc1ccc(S(=O)(=O)N2CCCC2)cc1. The Morgan fingerprint density at radius 3 is 2.10 bits per heavy atom. The first kappa shape index (κ1) is 15.7. The molecule has 1 aliphatic rings. The molecule has 0 bridgehead atoms. The van der Waals surface area contributed by atoms with Crippen LogP contribution in [0.1, 0.15) is 12.8 Å². The summed E-state index contributed by atoms with van der Waals surface area (Å²) in [6, 6.07) is 5.73. The molecular weight excluding hydrogens is 368 g/mol. The highest BCUT2D eigenvalue weighted by molar-refractivity contribution is 9.10. The molecule has 112 valence electrons. The van der Waals surface area contributed by atoms with Gasteiger partial charge < -0.3 is 0 Å². The van der Waals surface area contributed by atoms with Crippen molar-refractivity contribution in [1.29, 1.82) is 0 Å². The van der Waals surface area contributed by atoms with Gasteiger partial charge in [-0.15, -0.1) is 0 Å². The van der Waals surface area contributed by atoms with E-state index in [-0.39, 0.29) is 9.56 Å². The van der Waals surface area contributed by atoms with E-state index in [0.717, 1.165) is 12.8 Å². The Balaban J connectivity index is 2.20. The largest absolute Gasteiger partial charge is 0.283 e. The minimum Gasteiger partial charge on any atom is -0.283 e. The van der Waals surface area contributed by atoms with Crippen LogP contribution < -0.4 is 4.72 Å². The molecule has 0 radical (unpaired) electrons. The van der Waals surface area contributed by atoms with Gasteiger partial charge >= 0.3 is 0 Å². The number of nitrogens with zero attached hydrogens (tertiary/aromatic N) is 1. The van der Waals surface area contributed by atoms with E-state index in [1.54, 1.807) is 0 Å². The third-order valence-electron chi connectivity index (χ3n) is 2.97. The van der Waals surface area contributed by atoms with E-state index in [1.165, 1.54) is 28.6 Å². The van der Waals surface area contributed by atoms with Gasteiger partial charge in [-0.2, -0.15) is 4.31 Å². The number of rotatable bonds is 5. The summed E-state index contributed by atoms with van der Waals surface area (Å²) in [5.74, 6) is 0. The van der Waals surface area contributed by atoms with Crippen LogP contribution in [-0.2, 0) is 20.0 Å². The molecule has 1 N–H and O–H groups in total. The van der Waals surface area contributed by atoms with E-state index in [9.17, 15) is 16.8 Å². The standard InChI is InChI=1S/C11H15BrN2O4S2/c12-9-19(15,16)13-10-3-5-11(6-4-10)20(17,18)14-7-1-2-8-14/h3-6,13H,1-2,7-9H2. The minimum atomic E-state index is -3.46. The number of sulfonamides is 2. The average Bonchev–Trinajstić information content (AvgIpc) is 2.93. The maximum atomic E-state index is 12.3. The second kappa shape index (κ2) is 6.00. The minimum absolute atomic E-state index is 0.182. The Morgan fingerprint density at radius 2 is 1.60 bits per heavy atom. The van der Waals surface area contributed by atoms with Crippen molar-refractivity contribution >= 4 is 41.7 Å². The molecule has 1 aromatic carbocycles. The molecule has 0 atom stereocenters. The second-order valence-electron chi connectivity index (χ2n) is 4.46. The quantitative estimate of drug-likeness (QED) is 0.783. The number of anilines is 1. The molecule has 20 heavy (non-hydrogen) atoms. The molecule has 0 saturated carbocycles. The summed E-state index contributed by atoms with van der Waals surface area (Å²) in [7, 11) is -6.89. The van der Waals surface area contributed by atoms with E-state index in [0.29, 0.717) is 18.8 Å². The van der Waals surface area contributed by atoms with E-state index in [2.05, 4.69) is 20.7 Å². The van der Waals surface area contributed by atoms with E-state index >= 15 is 0 Å². The molecule has 0 aromatic heterocycles. The normalized spacial score (nSPS) is 17.2. The van der Waals surface area contributed by atoms with Gasteiger partial charge in [-0.1, -0.05) is 15.9 Å². The smallest absolute Gasteiger partial charge is 0.243 e. The molecular formula is C11H15BrN2O4S2. The zero-order chi connectivity index (χ0) is 14.8. The lowest BCUT2D eigenvalue weighted by Crippen LogP contribution is -2.27. The molecule has 0 aliphatic carbocycles. The molecule has 1 saturated heterocycles. The summed E-state index contributed by atoms with van der Waals surface area (Å²) < 4.78 is 50.9. The lowest BCUT2D eigenvalue weighted by Gasteiger charge is -2.15. The molecule has 1 heterocycles. The number of alkyl halides is 1. The summed E-state index contributed by atoms with van der Waals surface area (Å²) in [6.45, 7) is 1.08. The summed E-state index contributed by atoms with van der Waals surface area (Å²) in [6.07, 6.45) is 1.75. The average molecular weight is 383 g/mol. The maximum Gasteiger partial charge on any atom is 0.243 e.